The van der Waals surface area contributed by atoms with Crippen LogP contribution in [-0.2, 0) is 0 Å². The second-order valence-electron chi connectivity index (χ2n) is 3.01. The van der Waals surface area contributed by atoms with E-state index in [9.17, 15) is 0 Å². The Labute approximate surface area is 66.7 Å². The number of nitrogens with two attached hydrogens (primary N) is 1. The predicted octanol–water partition coefficient (Wildman–Crippen LogP) is -1.17. The number of aliphatic hydroxyl groups excluding tert-OH is 3. The van der Waals surface area contributed by atoms with E-state index in [2.05, 4.69) is 0 Å². The van der Waals surface area contributed by atoms with E-state index in [4.69, 9.17) is 21.1 Å². The summed E-state index contributed by atoms with van der Waals surface area (Å²) in [5, 5.41) is 27.1. The van der Waals surface area contributed by atoms with Crippen LogP contribution in [0.1, 0.15) is 20.3 Å². The molecule has 0 aromatic carbocycles. The SMILES string of the molecule is CC(N)CC(O)C(O)C(C)O. The Morgan fingerprint density at radius 3 is 1.91 bits per heavy atom. The minimum atomic E-state index is -1.10. The fourth-order valence-electron chi connectivity index (χ4n) is 0.842. The van der Waals surface area contributed by atoms with E-state index in [1.54, 1.807) is 6.92 Å². The molecule has 4 atom stereocenters. The lowest BCUT2D eigenvalue weighted by atomic mass is 10.0. The van der Waals surface area contributed by atoms with E-state index >= 15 is 0 Å². The maximum absolute atomic E-state index is 9.17. The van der Waals surface area contributed by atoms with Gasteiger partial charge in [0.25, 0.3) is 0 Å². The first kappa shape index (κ1) is 10.8. The molecule has 4 heteroatoms. The normalized spacial score (nSPS) is 22.4. The van der Waals surface area contributed by atoms with Crippen LogP contribution < -0.4 is 5.73 Å². The molecule has 0 aliphatic heterocycles. The van der Waals surface area contributed by atoms with E-state index in [1.807, 2.05) is 0 Å². The van der Waals surface area contributed by atoms with Crippen molar-refractivity contribution in [2.75, 3.05) is 0 Å². The molecule has 0 aromatic rings. The smallest absolute Gasteiger partial charge is 0.105 e. The van der Waals surface area contributed by atoms with Crippen LogP contribution in [0.25, 0.3) is 0 Å². The lowest BCUT2D eigenvalue weighted by Crippen LogP contribution is -2.38. The van der Waals surface area contributed by atoms with Crippen LogP contribution in [0.3, 0.4) is 0 Å². The van der Waals surface area contributed by atoms with Gasteiger partial charge in [-0.15, -0.1) is 0 Å². The summed E-state index contributed by atoms with van der Waals surface area (Å²) in [5.41, 5.74) is 5.38. The number of hydrogen-bond donors (Lipinski definition) is 4. The Bertz CT molecular complexity index is 106. The minimum Gasteiger partial charge on any atom is -0.391 e. The number of rotatable bonds is 4. The Balaban J connectivity index is 3.73. The van der Waals surface area contributed by atoms with Crippen molar-refractivity contribution < 1.29 is 15.3 Å². The van der Waals surface area contributed by atoms with Crippen LogP contribution >= 0.6 is 0 Å². The summed E-state index contributed by atoms with van der Waals surface area (Å²) in [6, 6.07) is -0.168. The van der Waals surface area contributed by atoms with Crippen molar-refractivity contribution in [3.8, 4) is 0 Å². The van der Waals surface area contributed by atoms with Crippen LogP contribution in [0.2, 0.25) is 0 Å². The molecule has 0 heterocycles. The standard InChI is InChI=1S/C7H17NO3/c1-4(8)3-6(10)7(11)5(2)9/h4-7,9-11H,3,8H2,1-2H3. The molecule has 0 aromatic heterocycles. The zero-order valence-corrected chi connectivity index (χ0v) is 6.94. The lowest BCUT2D eigenvalue weighted by Gasteiger charge is -2.21. The molecule has 0 saturated heterocycles. The fourth-order valence-corrected chi connectivity index (χ4v) is 0.842. The van der Waals surface area contributed by atoms with Gasteiger partial charge in [0.15, 0.2) is 0 Å². The first-order valence-corrected chi connectivity index (χ1v) is 3.75. The topological polar surface area (TPSA) is 86.7 Å². The molecular formula is C7H17NO3. The Morgan fingerprint density at radius 2 is 1.64 bits per heavy atom. The second kappa shape index (κ2) is 4.66. The van der Waals surface area contributed by atoms with Gasteiger partial charge < -0.3 is 21.1 Å². The third kappa shape index (κ3) is 4.31. The highest BCUT2D eigenvalue weighted by molar-refractivity contribution is 4.74. The van der Waals surface area contributed by atoms with Crippen LogP contribution in [0, 0.1) is 0 Å². The van der Waals surface area contributed by atoms with Crippen LogP contribution in [0.5, 0.6) is 0 Å². The fraction of sp³-hybridized carbons (Fsp3) is 1.00. The van der Waals surface area contributed by atoms with Crippen molar-refractivity contribution in [3.05, 3.63) is 0 Å². The third-order valence-corrected chi connectivity index (χ3v) is 1.50. The van der Waals surface area contributed by atoms with E-state index in [0.717, 1.165) is 0 Å². The van der Waals surface area contributed by atoms with Crippen LogP contribution in [-0.4, -0.2) is 39.7 Å². The summed E-state index contributed by atoms with van der Waals surface area (Å²) in [4.78, 5) is 0. The first-order valence-electron chi connectivity index (χ1n) is 3.75. The highest BCUT2D eigenvalue weighted by Gasteiger charge is 2.21. The molecule has 4 nitrogen and oxygen atoms in total. The minimum absolute atomic E-state index is 0.168. The van der Waals surface area contributed by atoms with Gasteiger partial charge in [-0.1, -0.05) is 0 Å². The lowest BCUT2D eigenvalue weighted by molar-refractivity contribution is -0.0558. The highest BCUT2D eigenvalue weighted by atomic mass is 16.4. The van der Waals surface area contributed by atoms with Crippen molar-refractivity contribution in [3.63, 3.8) is 0 Å². The molecule has 11 heavy (non-hydrogen) atoms. The molecule has 0 amide bonds. The second-order valence-corrected chi connectivity index (χ2v) is 3.01. The maximum atomic E-state index is 9.17. The Hall–Kier alpha value is -0.160. The molecule has 0 aliphatic rings. The zero-order chi connectivity index (χ0) is 9.02. The average molecular weight is 163 g/mol. The van der Waals surface area contributed by atoms with E-state index in [0.29, 0.717) is 6.42 Å². The molecular weight excluding hydrogens is 146 g/mol. The molecule has 4 unspecified atom stereocenters. The molecule has 0 saturated carbocycles. The van der Waals surface area contributed by atoms with Gasteiger partial charge >= 0.3 is 0 Å². The van der Waals surface area contributed by atoms with Crippen LogP contribution in [0.15, 0.2) is 0 Å². The first-order chi connectivity index (χ1) is 4.95. The molecule has 0 aliphatic carbocycles. The molecule has 0 bridgehead atoms. The Morgan fingerprint density at radius 1 is 1.18 bits per heavy atom. The average Bonchev–Trinajstić information content (AvgIpc) is 1.84. The van der Waals surface area contributed by atoms with Gasteiger partial charge in [-0.3, -0.25) is 0 Å². The largest absolute Gasteiger partial charge is 0.391 e. The monoisotopic (exact) mass is 163 g/mol. The summed E-state index contributed by atoms with van der Waals surface area (Å²) in [5.74, 6) is 0. The summed E-state index contributed by atoms with van der Waals surface area (Å²) < 4.78 is 0. The quantitative estimate of drug-likeness (QED) is 0.420. The molecule has 5 N–H and O–H groups in total. The highest BCUT2D eigenvalue weighted by Crippen LogP contribution is 2.04. The summed E-state index contributed by atoms with van der Waals surface area (Å²) >= 11 is 0. The van der Waals surface area contributed by atoms with Gasteiger partial charge in [0.2, 0.25) is 0 Å². The van der Waals surface area contributed by atoms with Crippen molar-refractivity contribution in [2.45, 2.75) is 44.6 Å². The van der Waals surface area contributed by atoms with Crippen molar-refractivity contribution >= 4 is 0 Å². The van der Waals surface area contributed by atoms with E-state index in [1.165, 1.54) is 6.92 Å². The summed E-state index contributed by atoms with van der Waals surface area (Å²) in [6.45, 7) is 3.16. The van der Waals surface area contributed by atoms with Gasteiger partial charge in [-0.25, -0.2) is 0 Å². The zero-order valence-electron chi connectivity index (χ0n) is 6.94. The van der Waals surface area contributed by atoms with Gasteiger partial charge in [-0.05, 0) is 20.3 Å². The summed E-state index contributed by atoms with van der Waals surface area (Å²) in [6.07, 6.45) is -2.65. The van der Waals surface area contributed by atoms with E-state index in [-0.39, 0.29) is 6.04 Å². The van der Waals surface area contributed by atoms with Gasteiger partial charge in [0.1, 0.15) is 6.10 Å². The summed E-state index contributed by atoms with van der Waals surface area (Å²) in [7, 11) is 0. The molecule has 0 rings (SSSR count). The van der Waals surface area contributed by atoms with E-state index < -0.39 is 18.3 Å². The number of hydrogen-bond acceptors (Lipinski definition) is 4. The van der Waals surface area contributed by atoms with Crippen LogP contribution in [0.4, 0.5) is 0 Å². The number of aliphatic hydroxyl groups is 3. The maximum Gasteiger partial charge on any atom is 0.105 e. The van der Waals surface area contributed by atoms with Gasteiger partial charge in [0.05, 0.1) is 12.2 Å². The third-order valence-electron chi connectivity index (χ3n) is 1.50. The predicted molar refractivity (Wildman–Crippen MR) is 42.0 cm³/mol. The van der Waals surface area contributed by atoms with Crippen molar-refractivity contribution in [1.29, 1.82) is 0 Å². The molecule has 68 valence electrons. The molecule has 0 fully saturated rings. The van der Waals surface area contributed by atoms with Gasteiger partial charge in [0, 0.05) is 6.04 Å². The van der Waals surface area contributed by atoms with Crippen molar-refractivity contribution in [1.82, 2.24) is 0 Å². The van der Waals surface area contributed by atoms with Crippen molar-refractivity contribution in [2.24, 2.45) is 5.73 Å². The molecule has 0 radical (unpaired) electrons. The Kier molecular flexibility index (Phi) is 4.60. The van der Waals surface area contributed by atoms with Gasteiger partial charge in [-0.2, -0.15) is 0 Å². The molecule has 0 spiro atoms.